The van der Waals surface area contributed by atoms with E-state index in [0.717, 1.165) is 5.56 Å². The summed E-state index contributed by atoms with van der Waals surface area (Å²) in [6.45, 7) is 3.74. The Balaban J connectivity index is 1.93. The third kappa shape index (κ3) is 4.19. The molecule has 8 heteroatoms. The molecule has 0 fully saturated rings. The van der Waals surface area contributed by atoms with E-state index in [2.05, 4.69) is 15.4 Å². The van der Waals surface area contributed by atoms with Gasteiger partial charge in [0.25, 0.3) is 0 Å². The highest BCUT2D eigenvalue weighted by Gasteiger charge is 2.16. The van der Waals surface area contributed by atoms with E-state index in [4.69, 9.17) is 14.7 Å². The van der Waals surface area contributed by atoms with Gasteiger partial charge in [0.2, 0.25) is 0 Å². The standard InChI is InChI=1S/C21H21N5O3/c1-13-9-16(11-22)25-26(13)21-18(14(2)27)7-8-20(24-21)23-12-15-5-6-17(28-3)10-19(15)29-4/h5-10H,12H2,1-4H3,(H,23,24). The highest BCUT2D eigenvalue weighted by atomic mass is 16.5. The molecule has 8 nitrogen and oxygen atoms in total. The second-order valence-corrected chi connectivity index (χ2v) is 6.35. The van der Waals surface area contributed by atoms with E-state index in [-0.39, 0.29) is 11.5 Å². The molecule has 3 rings (SSSR count). The molecule has 3 aromatic rings. The normalized spacial score (nSPS) is 10.3. The molecule has 0 aliphatic carbocycles. The number of nitriles is 1. The second-order valence-electron chi connectivity index (χ2n) is 6.35. The molecule has 29 heavy (non-hydrogen) atoms. The minimum atomic E-state index is -0.135. The monoisotopic (exact) mass is 391 g/mol. The summed E-state index contributed by atoms with van der Waals surface area (Å²) in [6, 6.07) is 12.7. The summed E-state index contributed by atoms with van der Waals surface area (Å²) in [6.07, 6.45) is 0. The Morgan fingerprint density at radius 3 is 2.62 bits per heavy atom. The first-order valence-electron chi connectivity index (χ1n) is 8.90. The van der Waals surface area contributed by atoms with Gasteiger partial charge in [0.1, 0.15) is 23.4 Å². The lowest BCUT2D eigenvalue weighted by Crippen LogP contribution is -2.11. The van der Waals surface area contributed by atoms with Crippen LogP contribution in [0, 0.1) is 18.3 Å². The maximum atomic E-state index is 12.1. The number of aromatic nitrogens is 3. The van der Waals surface area contributed by atoms with Crippen LogP contribution in [0.4, 0.5) is 5.82 Å². The van der Waals surface area contributed by atoms with Gasteiger partial charge in [-0.05, 0) is 44.2 Å². The summed E-state index contributed by atoms with van der Waals surface area (Å²) in [5.74, 6) is 2.21. The second kappa shape index (κ2) is 8.44. The Kier molecular flexibility index (Phi) is 5.79. The van der Waals surface area contributed by atoms with Crippen molar-refractivity contribution in [2.45, 2.75) is 20.4 Å². The Hall–Kier alpha value is -3.86. The predicted molar refractivity (Wildman–Crippen MR) is 108 cm³/mol. The molecular formula is C21H21N5O3. The van der Waals surface area contributed by atoms with Crippen molar-refractivity contribution < 1.29 is 14.3 Å². The number of hydrogen-bond acceptors (Lipinski definition) is 7. The molecular weight excluding hydrogens is 370 g/mol. The van der Waals surface area contributed by atoms with E-state index in [1.807, 2.05) is 31.2 Å². The van der Waals surface area contributed by atoms with E-state index < -0.39 is 0 Å². The molecule has 0 radical (unpaired) electrons. The molecule has 0 spiro atoms. The van der Waals surface area contributed by atoms with E-state index in [9.17, 15) is 4.79 Å². The van der Waals surface area contributed by atoms with E-state index in [0.29, 0.717) is 40.9 Å². The smallest absolute Gasteiger partial charge is 0.166 e. The highest BCUT2D eigenvalue weighted by Crippen LogP contribution is 2.26. The molecule has 0 saturated carbocycles. The molecule has 2 heterocycles. The number of carbonyl (C=O) groups excluding carboxylic acids is 1. The van der Waals surface area contributed by atoms with Crippen molar-refractivity contribution in [2.24, 2.45) is 0 Å². The van der Waals surface area contributed by atoms with Gasteiger partial charge in [0.15, 0.2) is 17.3 Å². The number of ether oxygens (including phenoxy) is 2. The zero-order valence-electron chi connectivity index (χ0n) is 16.7. The fourth-order valence-corrected chi connectivity index (χ4v) is 2.91. The summed E-state index contributed by atoms with van der Waals surface area (Å²) in [4.78, 5) is 16.6. The molecule has 0 aliphatic heterocycles. The first-order valence-corrected chi connectivity index (χ1v) is 8.90. The zero-order valence-corrected chi connectivity index (χ0v) is 16.7. The van der Waals surface area contributed by atoms with Gasteiger partial charge in [-0.3, -0.25) is 4.79 Å². The molecule has 0 amide bonds. The van der Waals surface area contributed by atoms with Gasteiger partial charge < -0.3 is 14.8 Å². The number of carbonyl (C=O) groups is 1. The predicted octanol–water partition coefficient (Wildman–Crippen LogP) is 3.28. The fourth-order valence-electron chi connectivity index (χ4n) is 2.91. The van der Waals surface area contributed by atoms with Crippen LogP contribution in [0.5, 0.6) is 11.5 Å². The average Bonchev–Trinajstić information content (AvgIpc) is 3.12. The average molecular weight is 391 g/mol. The number of nitrogens with one attached hydrogen (secondary N) is 1. The van der Waals surface area contributed by atoms with Crippen LogP contribution < -0.4 is 14.8 Å². The topological polar surface area (TPSA) is 102 Å². The van der Waals surface area contributed by atoms with Crippen molar-refractivity contribution in [3.05, 3.63) is 58.9 Å². The third-order valence-electron chi connectivity index (χ3n) is 4.41. The van der Waals surface area contributed by atoms with Gasteiger partial charge in [-0.2, -0.15) is 10.4 Å². The molecule has 1 aromatic carbocycles. The van der Waals surface area contributed by atoms with E-state index in [1.54, 1.807) is 32.4 Å². The maximum absolute atomic E-state index is 12.1. The first-order chi connectivity index (χ1) is 14.0. The van der Waals surface area contributed by atoms with Crippen molar-refractivity contribution in [3.63, 3.8) is 0 Å². The number of benzene rings is 1. The Bertz CT molecular complexity index is 1100. The molecule has 148 valence electrons. The summed E-state index contributed by atoms with van der Waals surface area (Å²) in [5.41, 5.74) is 2.33. The van der Waals surface area contributed by atoms with E-state index in [1.165, 1.54) is 11.6 Å². The zero-order chi connectivity index (χ0) is 21.0. The lowest BCUT2D eigenvalue weighted by atomic mass is 10.1. The highest BCUT2D eigenvalue weighted by molar-refractivity contribution is 5.97. The number of aryl methyl sites for hydroxylation is 1. The molecule has 0 atom stereocenters. The van der Waals surface area contributed by atoms with Crippen molar-refractivity contribution in [3.8, 4) is 23.4 Å². The third-order valence-corrected chi connectivity index (χ3v) is 4.41. The number of methoxy groups -OCH3 is 2. The number of hydrogen-bond donors (Lipinski definition) is 1. The number of pyridine rings is 1. The van der Waals surface area contributed by atoms with Crippen LogP contribution >= 0.6 is 0 Å². The fraction of sp³-hybridized carbons (Fsp3) is 0.238. The quantitative estimate of drug-likeness (QED) is 0.617. The molecule has 0 saturated heterocycles. The van der Waals surface area contributed by atoms with Gasteiger partial charge in [0.05, 0.1) is 19.8 Å². The molecule has 0 unspecified atom stereocenters. The van der Waals surface area contributed by atoms with Crippen molar-refractivity contribution in [2.75, 3.05) is 19.5 Å². The van der Waals surface area contributed by atoms with Crippen LogP contribution in [-0.2, 0) is 6.54 Å². The van der Waals surface area contributed by atoms with Gasteiger partial charge in [-0.15, -0.1) is 0 Å². The number of rotatable bonds is 7. The van der Waals surface area contributed by atoms with Crippen LogP contribution in [-0.4, -0.2) is 34.8 Å². The van der Waals surface area contributed by atoms with Crippen molar-refractivity contribution in [1.29, 1.82) is 5.26 Å². The van der Waals surface area contributed by atoms with Crippen LogP contribution in [0.1, 0.15) is 34.2 Å². The van der Waals surface area contributed by atoms with Crippen LogP contribution in [0.2, 0.25) is 0 Å². The lowest BCUT2D eigenvalue weighted by Gasteiger charge is -2.14. The molecule has 1 N–H and O–H groups in total. The Morgan fingerprint density at radius 2 is 2.00 bits per heavy atom. The summed E-state index contributed by atoms with van der Waals surface area (Å²) in [7, 11) is 3.20. The number of ketones is 1. The lowest BCUT2D eigenvalue weighted by molar-refractivity contribution is 0.101. The SMILES string of the molecule is COc1ccc(CNc2ccc(C(C)=O)c(-n3nc(C#N)cc3C)n2)c(OC)c1. The molecule has 2 aromatic heterocycles. The van der Waals surface area contributed by atoms with Crippen molar-refractivity contribution >= 4 is 11.6 Å². The van der Waals surface area contributed by atoms with Gasteiger partial charge in [0, 0.05) is 23.9 Å². The van der Waals surface area contributed by atoms with Crippen molar-refractivity contribution in [1.82, 2.24) is 14.8 Å². The maximum Gasteiger partial charge on any atom is 0.166 e. The Labute approximate surface area is 168 Å². The van der Waals surface area contributed by atoms with E-state index >= 15 is 0 Å². The largest absolute Gasteiger partial charge is 0.497 e. The summed E-state index contributed by atoms with van der Waals surface area (Å²) in [5, 5.41) is 16.6. The summed E-state index contributed by atoms with van der Waals surface area (Å²) >= 11 is 0. The van der Waals surface area contributed by atoms with Gasteiger partial charge in [-0.25, -0.2) is 9.67 Å². The van der Waals surface area contributed by atoms with Crippen LogP contribution in [0.25, 0.3) is 5.82 Å². The molecule has 0 aliphatic rings. The van der Waals surface area contributed by atoms with Gasteiger partial charge >= 0.3 is 0 Å². The first kappa shape index (κ1) is 19.9. The van der Waals surface area contributed by atoms with Crippen LogP contribution in [0.15, 0.2) is 36.4 Å². The minimum Gasteiger partial charge on any atom is -0.497 e. The summed E-state index contributed by atoms with van der Waals surface area (Å²) < 4.78 is 12.1. The number of anilines is 1. The Morgan fingerprint density at radius 1 is 1.21 bits per heavy atom. The minimum absolute atomic E-state index is 0.135. The van der Waals surface area contributed by atoms with Gasteiger partial charge in [-0.1, -0.05) is 0 Å². The van der Waals surface area contributed by atoms with Crippen LogP contribution in [0.3, 0.4) is 0 Å². The number of Topliss-reactive ketones (excluding diaryl/α,β-unsaturated/α-hetero) is 1. The number of nitrogens with zero attached hydrogens (tertiary/aromatic N) is 4. The molecule has 0 bridgehead atoms.